The van der Waals surface area contributed by atoms with Gasteiger partial charge in [0.05, 0.1) is 5.41 Å². The van der Waals surface area contributed by atoms with Gasteiger partial charge in [0, 0.05) is 25.8 Å². The zero-order valence-corrected chi connectivity index (χ0v) is 26.3. The van der Waals surface area contributed by atoms with Gasteiger partial charge in [-0.2, -0.15) is 0 Å². The van der Waals surface area contributed by atoms with Crippen molar-refractivity contribution in [3.63, 3.8) is 0 Å². The fraction of sp³-hybridized carbons (Fsp3) is 0.195. The molecule has 1 atom stereocenters. The van der Waals surface area contributed by atoms with Gasteiger partial charge < -0.3 is 9.84 Å². The highest BCUT2D eigenvalue weighted by Gasteiger charge is 2.39. The molecule has 0 unspecified atom stereocenters. The molecule has 6 heteroatoms. The van der Waals surface area contributed by atoms with Crippen molar-refractivity contribution < 1.29 is 24.2 Å². The van der Waals surface area contributed by atoms with Crippen LogP contribution < -0.4 is 0 Å². The van der Waals surface area contributed by atoms with E-state index in [2.05, 4.69) is 12.1 Å². The van der Waals surface area contributed by atoms with Crippen LogP contribution in [-0.4, -0.2) is 47.5 Å². The number of Topliss-reactive ketones (excluding diaryl/α,β-unsaturated/α-hetero) is 1. The molecular formula is C41H37NO5. The number of carbonyl (C=O) groups is 3. The number of amides is 1. The van der Waals surface area contributed by atoms with Gasteiger partial charge in [-0.1, -0.05) is 140 Å². The lowest BCUT2D eigenvalue weighted by molar-refractivity contribution is -0.142. The number of benzene rings is 5. The monoisotopic (exact) mass is 623 g/mol. The molecule has 0 saturated heterocycles. The highest BCUT2D eigenvalue weighted by molar-refractivity contribution is 5.85. The second-order valence-corrected chi connectivity index (χ2v) is 12.0. The third-order valence-corrected chi connectivity index (χ3v) is 9.34. The smallest absolute Gasteiger partial charge is 0.410 e. The highest BCUT2D eigenvalue weighted by Crippen LogP contribution is 2.45. The molecule has 0 aliphatic heterocycles. The van der Waals surface area contributed by atoms with Crippen molar-refractivity contribution in [1.82, 2.24) is 4.90 Å². The first-order chi connectivity index (χ1) is 22.9. The van der Waals surface area contributed by atoms with E-state index in [0.717, 1.165) is 43.8 Å². The minimum atomic E-state index is -1.23. The van der Waals surface area contributed by atoms with Crippen molar-refractivity contribution in [1.29, 1.82) is 0 Å². The van der Waals surface area contributed by atoms with Crippen molar-refractivity contribution in [2.24, 2.45) is 0 Å². The fourth-order valence-corrected chi connectivity index (χ4v) is 6.96. The molecule has 236 valence electrons. The molecule has 0 fully saturated rings. The summed E-state index contributed by atoms with van der Waals surface area (Å²) in [5.74, 6) is -1.44. The number of aliphatic carboxylic acids is 1. The summed E-state index contributed by atoms with van der Waals surface area (Å²) in [6.07, 6.45) is -0.666. The van der Waals surface area contributed by atoms with E-state index in [-0.39, 0.29) is 37.6 Å². The average molecular weight is 624 g/mol. The lowest BCUT2D eigenvalue weighted by atomic mass is 9.66. The van der Waals surface area contributed by atoms with Crippen LogP contribution in [-0.2, 0) is 19.7 Å². The summed E-state index contributed by atoms with van der Waals surface area (Å²) in [6.45, 7) is 0.0796. The number of fused-ring (bicyclic) bond motifs is 3. The molecule has 0 aromatic heterocycles. The maximum absolute atomic E-state index is 13.9. The molecule has 47 heavy (non-hydrogen) atoms. The van der Waals surface area contributed by atoms with Crippen LogP contribution in [0.3, 0.4) is 0 Å². The predicted molar refractivity (Wildman–Crippen MR) is 182 cm³/mol. The third-order valence-electron chi connectivity index (χ3n) is 9.34. The Hall–Kier alpha value is -5.49. The summed E-state index contributed by atoms with van der Waals surface area (Å²) in [6, 6.07) is 44.6. The van der Waals surface area contributed by atoms with Crippen LogP contribution >= 0.6 is 0 Å². The summed E-state index contributed by atoms with van der Waals surface area (Å²) in [5, 5.41) is 10.2. The van der Waals surface area contributed by atoms with Gasteiger partial charge >= 0.3 is 12.1 Å². The van der Waals surface area contributed by atoms with Gasteiger partial charge in [0.1, 0.15) is 18.4 Å². The lowest BCUT2D eigenvalue weighted by Crippen LogP contribution is -2.43. The Morgan fingerprint density at radius 3 is 1.55 bits per heavy atom. The van der Waals surface area contributed by atoms with E-state index in [4.69, 9.17) is 4.74 Å². The molecule has 0 heterocycles. The molecule has 1 amide bonds. The highest BCUT2D eigenvalue weighted by atomic mass is 16.6. The number of ketones is 1. The second-order valence-electron chi connectivity index (χ2n) is 12.0. The zero-order chi connectivity index (χ0) is 32.8. The molecule has 0 radical (unpaired) electrons. The second kappa shape index (κ2) is 13.9. The van der Waals surface area contributed by atoms with Gasteiger partial charge in [-0.3, -0.25) is 9.69 Å². The number of ether oxygens (including phenoxy) is 1. The van der Waals surface area contributed by atoms with Crippen LogP contribution in [0, 0.1) is 0 Å². The van der Waals surface area contributed by atoms with Gasteiger partial charge in [0.15, 0.2) is 0 Å². The lowest BCUT2D eigenvalue weighted by Gasteiger charge is -2.36. The number of rotatable bonds is 12. The van der Waals surface area contributed by atoms with Gasteiger partial charge in [0.25, 0.3) is 0 Å². The van der Waals surface area contributed by atoms with Crippen LogP contribution in [0.2, 0.25) is 0 Å². The van der Waals surface area contributed by atoms with Crippen molar-refractivity contribution in [3.05, 3.63) is 167 Å². The number of carboxylic acid groups (broad SMARTS) is 1. The van der Waals surface area contributed by atoms with Gasteiger partial charge in [-0.15, -0.1) is 0 Å². The van der Waals surface area contributed by atoms with Crippen LogP contribution in [0.4, 0.5) is 4.79 Å². The first-order valence-electron chi connectivity index (χ1n) is 15.9. The van der Waals surface area contributed by atoms with E-state index in [1.54, 1.807) is 0 Å². The average Bonchev–Trinajstić information content (AvgIpc) is 3.44. The van der Waals surface area contributed by atoms with Gasteiger partial charge in [-0.25, -0.2) is 9.59 Å². The van der Waals surface area contributed by atoms with Crippen LogP contribution in [0.1, 0.15) is 53.0 Å². The Morgan fingerprint density at radius 1 is 0.681 bits per heavy atom. The predicted octanol–water partition coefficient (Wildman–Crippen LogP) is 8.09. The number of hydrogen-bond acceptors (Lipinski definition) is 4. The number of carboxylic acids is 1. The van der Waals surface area contributed by atoms with E-state index >= 15 is 0 Å². The molecule has 5 aromatic rings. The molecule has 1 aliphatic rings. The first-order valence-corrected chi connectivity index (χ1v) is 15.9. The van der Waals surface area contributed by atoms with E-state index in [1.165, 1.54) is 7.05 Å². The van der Waals surface area contributed by atoms with E-state index in [9.17, 15) is 19.5 Å². The molecule has 1 N–H and O–H groups in total. The normalized spacial score (nSPS) is 12.9. The summed E-state index contributed by atoms with van der Waals surface area (Å²) >= 11 is 0. The van der Waals surface area contributed by atoms with Crippen LogP contribution in [0.5, 0.6) is 0 Å². The van der Waals surface area contributed by atoms with Crippen LogP contribution in [0.15, 0.2) is 140 Å². The Balaban J connectivity index is 1.18. The Morgan fingerprint density at radius 2 is 1.11 bits per heavy atom. The van der Waals surface area contributed by atoms with Crippen LogP contribution in [0.25, 0.3) is 11.1 Å². The number of nitrogens with zero attached hydrogens (tertiary/aromatic N) is 1. The topological polar surface area (TPSA) is 83.9 Å². The molecular weight excluding hydrogens is 586 g/mol. The van der Waals surface area contributed by atoms with Gasteiger partial charge in [-0.05, 0) is 45.4 Å². The Bertz CT molecular complexity index is 1710. The SMILES string of the molecule is CN(C(=O)OCC1c2ccccc2-c2ccccc21)[C@@H](CCC(=O)CC(c1ccccc1)(c1ccccc1)c1ccccc1)C(=O)O. The molecule has 6 rings (SSSR count). The third kappa shape index (κ3) is 6.32. The quantitative estimate of drug-likeness (QED) is 0.142. The number of likely N-dealkylation sites (N-methyl/N-ethyl adjacent to an activating group) is 1. The summed E-state index contributed by atoms with van der Waals surface area (Å²) in [5.41, 5.74) is 6.49. The maximum atomic E-state index is 13.9. The number of hydrogen-bond donors (Lipinski definition) is 1. The summed E-state index contributed by atoms with van der Waals surface area (Å²) in [4.78, 5) is 40.7. The zero-order valence-electron chi connectivity index (χ0n) is 26.3. The standard InChI is InChI=1S/C41H37NO5/c1-42(40(46)47-28-37-35-23-13-11-21-33(35)34-22-12-14-24-36(34)37)38(39(44)45)26-25-32(43)27-41(29-15-5-2-6-16-29,30-17-7-3-8-18-30)31-19-9-4-10-20-31/h2-24,37-38H,25-28H2,1H3,(H,44,45)/t38-/m0/s1. The fourth-order valence-electron chi connectivity index (χ4n) is 6.96. The summed E-state index contributed by atoms with van der Waals surface area (Å²) in [7, 11) is 1.42. The van der Waals surface area contributed by atoms with E-state index in [1.807, 2.05) is 127 Å². The summed E-state index contributed by atoms with van der Waals surface area (Å²) < 4.78 is 5.73. The van der Waals surface area contributed by atoms with E-state index < -0.39 is 23.5 Å². The molecule has 0 bridgehead atoms. The molecule has 6 nitrogen and oxygen atoms in total. The molecule has 0 spiro atoms. The maximum Gasteiger partial charge on any atom is 0.410 e. The molecule has 5 aromatic carbocycles. The Labute approximate surface area is 275 Å². The minimum Gasteiger partial charge on any atom is -0.480 e. The van der Waals surface area contributed by atoms with Crippen molar-refractivity contribution in [3.8, 4) is 11.1 Å². The van der Waals surface area contributed by atoms with Crippen molar-refractivity contribution in [2.75, 3.05) is 13.7 Å². The van der Waals surface area contributed by atoms with Crippen molar-refractivity contribution >= 4 is 17.8 Å². The number of carbonyl (C=O) groups excluding carboxylic acids is 2. The van der Waals surface area contributed by atoms with Crippen molar-refractivity contribution in [2.45, 2.75) is 36.6 Å². The van der Waals surface area contributed by atoms with E-state index in [0.29, 0.717) is 0 Å². The minimum absolute atomic E-state index is 0.0216. The molecule has 0 saturated carbocycles. The Kier molecular flexibility index (Phi) is 9.30. The first kappa shape index (κ1) is 31.5. The van der Waals surface area contributed by atoms with Gasteiger partial charge in [0.2, 0.25) is 0 Å². The largest absolute Gasteiger partial charge is 0.480 e. The molecule has 1 aliphatic carbocycles.